The average Bonchev–Trinajstić information content (AvgIpc) is 2.01. The van der Waals surface area contributed by atoms with E-state index in [2.05, 4.69) is 5.32 Å². The Morgan fingerprint density at radius 2 is 1.92 bits per heavy atom. The Balaban J connectivity index is 2.06. The third-order valence-corrected chi connectivity index (χ3v) is 4.04. The van der Waals surface area contributed by atoms with Gasteiger partial charge in [-0.05, 0) is 30.6 Å². The Hall–Kier alpha value is -0.110. The third kappa shape index (κ3) is 1.50. The predicted octanol–water partition coefficient (Wildman–Crippen LogP) is 2.51. The minimum Gasteiger partial charge on any atom is -0.313 e. The zero-order valence-electron chi connectivity index (χ0n) is 8.70. The molecule has 2 rings (SSSR count). The molecule has 1 spiro atoms. The van der Waals surface area contributed by atoms with Crippen LogP contribution in [0, 0.1) is 11.3 Å². The first kappa shape index (κ1) is 9.45. The van der Waals surface area contributed by atoms with Crippen molar-refractivity contribution in [3.8, 4) is 0 Å². The highest BCUT2D eigenvalue weighted by Gasteiger charge is 2.49. The number of hydrogen-bond donors (Lipinski definition) is 1. The van der Waals surface area contributed by atoms with Crippen molar-refractivity contribution in [3.63, 3.8) is 0 Å². The average molecular weight is 185 g/mol. The summed E-state index contributed by atoms with van der Waals surface area (Å²) in [6.07, 6.45) is 4.57. The van der Waals surface area contributed by atoms with Gasteiger partial charge in [0.2, 0.25) is 0 Å². The van der Waals surface area contributed by atoms with E-state index >= 15 is 0 Å². The zero-order chi connectivity index (χ0) is 9.53. The van der Waals surface area contributed by atoms with Gasteiger partial charge in [0.15, 0.2) is 0 Å². The van der Waals surface area contributed by atoms with E-state index in [4.69, 9.17) is 0 Å². The quantitative estimate of drug-likeness (QED) is 0.662. The molecule has 2 heteroatoms. The first-order valence-corrected chi connectivity index (χ1v) is 5.46. The van der Waals surface area contributed by atoms with Crippen molar-refractivity contribution in [2.24, 2.45) is 11.3 Å². The van der Waals surface area contributed by atoms with E-state index in [1.165, 1.54) is 19.3 Å². The van der Waals surface area contributed by atoms with Crippen molar-refractivity contribution < 1.29 is 4.39 Å². The van der Waals surface area contributed by atoms with Crippen LogP contribution in [0.25, 0.3) is 0 Å². The van der Waals surface area contributed by atoms with Crippen LogP contribution in [0.2, 0.25) is 0 Å². The van der Waals surface area contributed by atoms with Gasteiger partial charge in [-0.15, -0.1) is 0 Å². The highest BCUT2D eigenvalue weighted by molar-refractivity contribution is 5.02. The van der Waals surface area contributed by atoms with Crippen LogP contribution in [0.5, 0.6) is 0 Å². The summed E-state index contributed by atoms with van der Waals surface area (Å²) in [4.78, 5) is 0. The summed E-state index contributed by atoms with van der Waals surface area (Å²) in [5, 5.41) is 3.27. The fourth-order valence-electron chi connectivity index (χ4n) is 2.72. The van der Waals surface area contributed by atoms with Gasteiger partial charge >= 0.3 is 0 Å². The van der Waals surface area contributed by atoms with Crippen LogP contribution >= 0.6 is 0 Å². The largest absolute Gasteiger partial charge is 0.313 e. The molecule has 1 saturated heterocycles. The van der Waals surface area contributed by atoms with E-state index < -0.39 is 5.67 Å². The number of piperidine rings is 1. The molecule has 0 aromatic carbocycles. The van der Waals surface area contributed by atoms with Gasteiger partial charge in [0, 0.05) is 13.1 Å². The first-order chi connectivity index (χ1) is 6.06. The van der Waals surface area contributed by atoms with Crippen molar-refractivity contribution in [3.05, 3.63) is 0 Å². The van der Waals surface area contributed by atoms with Gasteiger partial charge in [-0.1, -0.05) is 20.3 Å². The lowest BCUT2D eigenvalue weighted by atomic mass is 9.60. The molecule has 76 valence electrons. The fourth-order valence-corrected chi connectivity index (χ4v) is 2.72. The van der Waals surface area contributed by atoms with Crippen molar-refractivity contribution in [1.82, 2.24) is 5.32 Å². The van der Waals surface area contributed by atoms with Gasteiger partial charge in [0.1, 0.15) is 5.67 Å². The number of hydrogen-bond acceptors (Lipinski definition) is 1. The van der Waals surface area contributed by atoms with Gasteiger partial charge in [0.05, 0.1) is 0 Å². The Morgan fingerprint density at radius 1 is 1.23 bits per heavy atom. The van der Waals surface area contributed by atoms with Crippen LogP contribution in [-0.4, -0.2) is 18.8 Å². The maximum absolute atomic E-state index is 14.3. The second-order valence-electron chi connectivity index (χ2n) is 5.32. The Bertz CT molecular complexity index is 198. The molecule has 1 aliphatic heterocycles. The predicted molar refractivity (Wildman–Crippen MR) is 52.4 cm³/mol. The third-order valence-electron chi connectivity index (χ3n) is 4.04. The van der Waals surface area contributed by atoms with E-state index in [1.54, 1.807) is 0 Å². The van der Waals surface area contributed by atoms with Crippen LogP contribution in [0.4, 0.5) is 4.39 Å². The molecule has 1 atom stereocenters. The first-order valence-electron chi connectivity index (χ1n) is 5.46. The van der Waals surface area contributed by atoms with Crippen molar-refractivity contribution in [1.29, 1.82) is 0 Å². The highest BCUT2D eigenvalue weighted by Crippen LogP contribution is 2.50. The van der Waals surface area contributed by atoms with E-state index in [0.29, 0.717) is 12.0 Å². The lowest BCUT2D eigenvalue weighted by Gasteiger charge is -2.51. The van der Waals surface area contributed by atoms with Gasteiger partial charge < -0.3 is 5.32 Å². The van der Waals surface area contributed by atoms with Crippen LogP contribution < -0.4 is 5.32 Å². The molecule has 1 N–H and O–H groups in total. The fraction of sp³-hybridized carbons (Fsp3) is 1.00. The molecule has 13 heavy (non-hydrogen) atoms. The SMILES string of the molecule is CC(C)C1(F)CNCC2(CCC2)C1. The Labute approximate surface area is 80.1 Å². The summed E-state index contributed by atoms with van der Waals surface area (Å²) in [5.41, 5.74) is -0.615. The van der Waals surface area contributed by atoms with Gasteiger partial charge in [-0.25, -0.2) is 4.39 Å². The second kappa shape index (κ2) is 2.94. The summed E-state index contributed by atoms with van der Waals surface area (Å²) in [5.74, 6) is 0.151. The standard InChI is InChI=1S/C11H20FN/c1-9(2)11(12)6-10(4-3-5-10)7-13-8-11/h9,13H,3-8H2,1-2H3. The second-order valence-corrected chi connectivity index (χ2v) is 5.32. The molecule has 2 fully saturated rings. The zero-order valence-corrected chi connectivity index (χ0v) is 8.70. The van der Waals surface area contributed by atoms with E-state index in [1.807, 2.05) is 13.8 Å². The monoisotopic (exact) mass is 185 g/mol. The van der Waals surface area contributed by atoms with Crippen molar-refractivity contribution in [2.75, 3.05) is 13.1 Å². The van der Waals surface area contributed by atoms with Crippen LogP contribution in [-0.2, 0) is 0 Å². The van der Waals surface area contributed by atoms with Crippen LogP contribution in [0.1, 0.15) is 39.5 Å². The molecule has 0 aromatic heterocycles. The molecule has 0 radical (unpaired) electrons. The topological polar surface area (TPSA) is 12.0 Å². The molecule has 1 unspecified atom stereocenters. The summed E-state index contributed by atoms with van der Waals surface area (Å²) < 4.78 is 14.3. The lowest BCUT2D eigenvalue weighted by molar-refractivity contribution is -0.0367. The Kier molecular flexibility index (Phi) is 2.14. The maximum Gasteiger partial charge on any atom is 0.126 e. The van der Waals surface area contributed by atoms with E-state index in [-0.39, 0.29) is 5.92 Å². The summed E-state index contributed by atoms with van der Waals surface area (Å²) in [6.45, 7) is 5.61. The summed E-state index contributed by atoms with van der Waals surface area (Å²) in [6, 6.07) is 0. The minimum atomic E-state index is -0.946. The van der Waals surface area contributed by atoms with Gasteiger partial charge in [-0.2, -0.15) is 0 Å². The number of rotatable bonds is 1. The molecule has 0 bridgehead atoms. The molecule has 1 saturated carbocycles. The maximum atomic E-state index is 14.3. The molecule has 1 heterocycles. The van der Waals surface area contributed by atoms with Crippen molar-refractivity contribution in [2.45, 2.75) is 45.2 Å². The normalized spacial score (nSPS) is 37.8. The molecular weight excluding hydrogens is 165 g/mol. The molecular formula is C11H20FN. The van der Waals surface area contributed by atoms with Crippen LogP contribution in [0.3, 0.4) is 0 Å². The minimum absolute atomic E-state index is 0.151. The lowest BCUT2D eigenvalue weighted by Crippen LogP contribution is -2.57. The molecule has 0 aromatic rings. The number of nitrogens with one attached hydrogen (secondary N) is 1. The molecule has 1 aliphatic carbocycles. The smallest absolute Gasteiger partial charge is 0.126 e. The number of alkyl halides is 1. The Morgan fingerprint density at radius 3 is 2.38 bits per heavy atom. The molecule has 2 aliphatic rings. The summed E-state index contributed by atoms with van der Waals surface area (Å²) >= 11 is 0. The van der Waals surface area contributed by atoms with Crippen molar-refractivity contribution >= 4 is 0 Å². The molecule has 0 amide bonds. The van der Waals surface area contributed by atoms with Crippen LogP contribution in [0.15, 0.2) is 0 Å². The van der Waals surface area contributed by atoms with E-state index in [0.717, 1.165) is 13.0 Å². The molecule has 1 nitrogen and oxygen atoms in total. The summed E-state index contributed by atoms with van der Waals surface area (Å²) in [7, 11) is 0. The number of halogens is 1. The highest BCUT2D eigenvalue weighted by atomic mass is 19.1. The van der Waals surface area contributed by atoms with Gasteiger partial charge in [-0.3, -0.25) is 0 Å². The van der Waals surface area contributed by atoms with Gasteiger partial charge in [0.25, 0.3) is 0 Å². The van der Waals surface area contributed by atoms with E-state index in [9.17, 15) is 4.39 Å².